The molecule has 3 heterocycles. The van der Waals surface area contributed by atoms with Crippen LogP contribution in [0.15, 0.2) is 48.9 Å². The fraction of sp³-hybridized carbons (Fsp3) is 0.235. The van der Waals surface area contributed by atoms with Crippen molar-refractivity contribution in [3.05, 3.63) is 54.5 Å². The normalized spacial score (nSPS) is 16.2. The van der Waals surface area contributed by atoms with Crippen LogP contribution in [0, 0.1) is 0 Å². The Kier molecular flexibility index (Phi) is 3.85. The van der Waals surface area contributed by atoms with Crippen LogP contribution in [-0.2, 0) is 11.2 Å². The van der Waals surface area contributed by atoms with E-state index >= 15 is 0 Å². The first-order valence-corrected chi connectivity index (χ1v) is 7.95. The van der Waals surface area contributed by atoms with E-state index in [4.69, 9.17) is 4.74 Å². The van der Waals surface area contributed by atoms with Gasteiger partial charge in [0.1, 0.15) is 18.1 Å². The first kappa shape index (κ1) is 15.3. The summed E-state index contributed by atoms with van der Waals surface area (Å²) in [6.45, 7) is 2.44. The van der Waals surface area contributed by atoms with E-state index in [-0.39, 0.29) is 12.0 Å². The molecule has 0 N–H and O–H groups in total. The van der Waals surface area contributed by atoms with E-state index in [2.05, 4.69) is 20.5 Å². The van der Waals surface area contributed by atoms with E-state index in [9.17, 15) is 4.79 Å². The molecule has 126 valence electrons. The van der Waals surface area contributed by atoms with E-state index in [0.29, 0.717) is 18.8 Å². The van der Waals surface area contributed by atoms with Crippen LogP contribution in [0.3, 0.4) is 0 Å². The molecular formula is C17H16N6O2. The van der Waals surface area contributed by atoms with Gasteiger partial charge >= 0.3 is 0 Å². The van der Waals surface area contributed by atoms with Gasteiger partial charge in [-0.1, -0.05) is 12.1 Å². The van der Waals surface area contributed by atoms with Crippen molar-refractivity contribution in [3.8, 4) is 11.6 Å². The molecule has 1 amide bonds. The number of nitrogens with zero attached hydrogens (tertiary/aromatic N) is 6. The Hall–Kier alpha value is -3.29. The second-order valence-corrected chi connectivity index (χ2v) is 5.86. The molecule has 1 unspecified atom stereocenters. The molecule has 1 aliphatic heterocycles. The van der Waals surface area contributed by atoms with E-state index in [0.717, 1.165) is 16.9 Å². The van der Waals surface area contributed by atoms with Crippen LogP contribution < -0.4 is 9.64 Å². The minimum Gasteiger partial charge on any atom is -0.471 e. The molecule has 3 aromatic rings. The Bertz CT molecular complexity index is 878. The lowest BCUT2D eigenvalue weighted by molar-refractivity contribution is -0.118. The summed E-state index contributed by atoms with van der Waals surface area (Å²) in [4.78, 5) is 18.7. The second kappa shape index (κ2) is 6.31. The minimum atomic E-state index is -0.0893. The topological polar surface area (TPSA) is 86.0 Å². The summed E-state index contributed by atoms with van der Waals surface area (Å²) < 4.78 is 7.26. The monoisotopic (exact) mass is 336 g/mol. The quantitative estimate of drug-likeness (QED) is 0.719. The number of rotatable bonds is 3. The molecule has 1 aromatic carbocycles. The number of fused-ring (bicyclic) bond motifs is 1. The van der Waals surface area contributed by atoms with Gasteiger partial charge in [0.25, 0.3) is 0 Å². The van der Waals surface area contributed by atoms with Crippen molar-refractivity contribution in [1.82, 2.24) is 25.2 Å². The molecule has 8 heteroatoms. The lowest BCUT2D eigenvalue weighted by atomic mass is 10.1. The van der Waals surface area contributed by atoms with Crippen molar-refractivity contribution in [3.63, 3.8) is 0 Å². The number of amides is 1. The summed E-state index contributed by atoms with van der Waals surface area (Å²) in [5, 5.41) is 11.1. The van der Waals surface area contributed by atoms with Crippen LogP contribution in [0.5, 0.6) is 5.88 Å². The molecule has 2 aromatic heterocycles. The maximum Gasteiger partial charge on any atom is 0.238 e. The van der Waals surface area contributed by atoms with Gasteiger partial charge in [-0.15, -0.1) is 5.10 Å². The highest BCUT2D eigenvalue weighted by Gasteiger charge is 2.28. The van der Waals surface area contributed by atoms with Gasteiger partial charge in [0.05, 0.1) is 18.7 Å². The number of carbonyl (C=O) groups excluding carboxylic acids is 1. The fourth-order valence-electron chi connectivity index (χ4n) is 2.81. The highest BCUT2D eigenvalue weighted by molar-refractivity contribution is 5.96. The average molecular weight is 336 g/mol. The van der Waals surface area contributed by atoms with Crippen molar-refractivity contribution < 1.29 is 9.53 Å². The molecule has 0 bridgehead atoms. The highest BCUT2D eigenvalue weighted by Crippen LogP contribution is 2.31. The molecule has 0 fully saturated rings. The number of ether oxygens (including phenoxy) is 1. The summed E-state index contributed by atoms with van der Waals surface area (Å²) in [5.41, 5.74) is 2.48. The zero-order valence-corrected chi connectivity index (χ0v) is 13.6. The maximum absolute atomic E-state index is 12.8. The van der Waals surface area contributed by atoms with E-state index < -0.39 is 0 Å². The van der Waals surface area contributed by atoms with Crippen LogP contribution >= 0.6 is 0 Å². The van der Waals surface area contributed by atoms with Gasteiger partial charge in [-0.3, -0.25) is 4.79 Å². The third-order valence-electron chi connectivity index (χ3n) is 4.00. The predicted octanol–water partition coefficient (Wildman–Crippen LogP) is 1.41. The first-order valence-electron chi connectivity index (χ1n) is 7.95. The number of aromatic nitrogens is 5. The molecule has 4 rings (SSSR count). The Labute approximate surface area is 144 Å². The molecule has 1 atom stereocenters. The number of tetrazole rings is 1. The Morgan fingerprint density at radius 1 is 1.28 bits per heavy atom. The van der Waals surface area contributed by atoms with Crippen molar-refractivity contribution in [1.29, 1.82) is 0 Å². The summed E-state index contributed by atoms with van der Waals surface area (Å²) in [6, 6.07) is 11.2. The lowest BCUT2D eigenvalue weighted by Crippen LogP contribution is -2.43. The highest BCUT2D eigenvalue weighted by atomic mass is 16.5. The number of hydrogen-bond donors (Lipinski definition) is 0. The van der Waals surface area contributed by atoms with Crippen molar-refractivity contribution in [2.45, 2.75) is 19.4 Å². The average Bonchev–Trinajstić information content (AvgIpc) is 3.16. The van der Waals surface area contributed by atoms with Crippen LogP contribution in [0.2, 0.25) is 0 Å². The number of hydrogen-bond acceptors (Lipinski definition) is 6. The molecule has 8 nitrogen and oxygen atoms in total. The Morgan fingerprint density at radius 3 is 2.88 bits per heavy atom. The molecule has 0 saturated carbocycles. The van der Waals surface area contributed by atoms with Gasteiger partial charge < -0.3 is 9.64 Å². The van der Waals surface area contributed by atoms with Gasteiger partial charge in [0.2, 0.25) is 11.8 Å². The fourth-order valence-corrected chi connectivity index (χ4v) is 2.81. The first-order chi connectivity index (χ1) is 12.2. The SMILES string of the molecule is CC1CN(C(=O)Cc2ccc(-n3cnnn3)cc2)c2cccnc2O1. The smallest absolute Gasteiger partial charge is 0.238 e. The van der Waals surface area contributed by atoms with Gasteiger partial charge in [0, 0.05) is 6.20 Å². The summed E-state index contributed by atoms with van der Waals surface area (Å²) in [7, 11) is 0. The minimum absolute atomic E-state index is 0.0135. The standard InChI is InChI=1S/C17H16N6O2/c1-12-10-22(15-3-2-8-18-17(15)25-12)16(24)9-13-4-6-14(7-5-13)23-11-19-20-21-23/h2-8,11-12H,9-10H2,1H3. The van der Waals surface area contributed by atoms with Crippen LogP contribution in [0.1, 0.15) is 12.5 Å². The molecule has 0 aliphatic carbocycles. The van der Waals surface area contributed by atoms with Crippen molar-refractivity contribution in [2.75, 3.05) is 11.4 Å². The van der Waals surface area contributed by atoms with Crippen molar-refractivity contribution in [2.24, 2.45) is 0 Å². The van der Waals surface area contributed by atoms with E-state index in [1.807, 2.05) is 37.3 Å². The number of carbonyl (C=O) groups is 1. The molecular weight excluding hydrogens is 320 g/mol. The Morgan fingerprint density at radius 2 is 2.12 bits per heavy atom. The number of pyridine rings is 1. The molecule has 0 radical (unpaired) electrons. The van der Waals surface area contributed by atoms with E-state index in [1.54, 1.807) is 21.8 Å². The summed E-state index contributed by atoms with van der Waals surface area (Å²) in [5.74, 6) is 0.517. The summed E-state index contributed by atoms with van der Waals surface area (Å²) in [6.07, 6.45) is 3.40. The van der Waals surface area contributed by atoms with Gasteiger partial charge in [-0.2, -0.15) is 0 Å². The predicted molar refractivity (Wildman–Crippen MR) is 89.5 cm³/mol. The zero-order valence-electron chi connectivity index (χ0n) is 13.6. The summed E-state index contributed by atoms with van der Waals surface area (Å²) >= 11 is 0. The van der Waals surface area contributed by atoms with Gasteiger partial charge in [0.15, 0.2) is 0 Å². The van der Waals surface area contributed by atoms with Crippen LogP contribution in [0.4, 0.5) is 5.69 Å². The van der Waals surface area contributed by atoms with Gasteiger partial charge in [-0.25, -0.2) is 9.67 Å². The van der Waals surface area contributed by atoms with Crippen molar-refractivity contribution >= 4 is 11.6 Å². The van der Waals surface area contributed by atoms with Crippen LogP contribution in [-0.4, -0.2) is 43.7 Å². The maximum atomic E-state index is 12.8. The largest absolute Gasteiger partial charge is 0.471 e. The number of anilines is 1. The lowest BCUT2D eigenvalue weighted by Gasteiger charge is -2.32. The molecule has 0 saturated heterocycles. The molecule has 1 aliphatic rings. The number of benzene rings is 1. The molecule has 25 heavy (non-hydrogen) atoms. The Balaban J connectivity index is 1.52. The third kappa shape index (κ3) is 3.06. The third-order valence-corrected chi connectivity index (χ3v) is 4.00. The second-order valence-electron chi connectivity index (χ2n) is 5.86. The zero-order chi connectivity index (χ0) is 17.2. The van der Waals surface area contributed by atoms with E-state index in [1.165, 1.54) is 6.33 Å². The van der Waals surface area contributed by atoms with Crippen LogP contribution in [0.25, 0.3) is 5.69 Å². The van der Waals surface area contributed by atoms with Gasteiger partial charge in [-0.05, 0) is 47.2 Å². The molecule has 0 spiro atoms.